The molecule has 3 aliphatic rings. The average Bonchev–Trinajstić information content (AvgIpc) is 3.16. The zero-order valence-electron chi connectivity index (χ0n) is 18.6. The van der Waals surface area contributed by atoms with E-state index >= 15 is 0 Å². The van der Waals surface area contributed by atoms with Crippen LogP contribution in [-0.2, 0) is 14.0 Å². The molecular weight excluding hydrogens is 369 g/mol. The summed E-state index contributed by atoms with van der Waals surface area (Å²) in [5, 5.41) is 4.59. The molecule has 3 heterocycles. The van der Waals surface area contributed by atoms with Crippen molar-refractivity contribution in [3.05, 3.63) is 12.4 Å². The summed E-state index contributed by atoms with van der Waals surface area (Å²) in [7, 11) is -0.333. The summed E-state index contributed by atoms with van der Waals surface area (Å²) >= 11 is 0. The molecule has 1 unspecified atom stereocenters. The molecule has 0 radical (unpaired) electrons. The van der Waals surface area contributed by atoms with E-state index in [1.165, 1.54) is 0 Å². The van der Waals surface area contributed by atoms with Gasteiger partial charge in [0.25, 0.3) is 0 Å². The van der Waals surface area contributed by atoms with Gasteiger partial charge in [0.05, 0.1) is 17.7 Å². The van der Waals surface area contributed by atoms with Crippen LogP contribution in [-0.4, -0.2) is 58.3 Å². The number of aromatic nitrogens is 2. The van der Waals surface area contributed by atoms with Gasteiger partial charge in [-0.2, -0.15) is 5.10 Å². The van der Waals surface area contributed by atoms with Crippen LogP contribution in [0.3, 0.4) is 0 Å². The number of amides is 1. The highest BCUT2D eigenvalue weighted by Crippen LogP contribution is 2.54. The number of ether oxygens (including phenoxy) is 1. The Hall–Kier alpha value is -1.54. The van der Waals surface area contributed by atoms with Gasteiger partial charge < -0.3 is 18.9 Å². The maximum atomic E-state index is 12.3. The van der Waals surface area contributed by atoms with Gasteiger partial charge in [0.1, 0.15) is 5.60 Å². The molecule has 1 aromatic heterocycles. The van der Waals surface area contributed by atoms with E-state index < -0.39 is 5.60 Å². The largest absolute Gasteiger partial charge is 0.497 e. The van der Waals surface area contributed by atoms with Crippen molar-refractivity contribution >= 4 is 18.7 Å². The molecule has 160 valence electrons. The monoisotopic (exact) mass is 403 g/mol. The van der Waals surface area contributed by atoms with E-state index in [1.54, 1.807) is 0 Å². The predicted octanol–water partition coefficient (Wildman–Crippen LogP) is 3.14. The van der Waals surface area contributed by atoms with Crippen molar-refractivity contribution < 1.29 is 18.8 Å². The van der Waals surface area contributed by atoms with Gasteiger partial charge >= 0.3 is 13.2 Å². The van der Waals surface area contributed by atoms with Crippen molar-refractivity contribution in [1.82, 2.24) is 14.7 Å². The maximum absolute atomic E-state index is 12.3. The van der Waals surface area contributed by atoms with Gasteiger partial charge in [0, 0.05) is 30.9 Å². The van der Waals surface area contributed by atoms with Gasteiger partial charge in [-0.05, 0) is 72.6 Å². The van der Waals surface area contributed by atoms with E-state index in [-0.39, 0.29) is 24.9 Å². The molecule has 29 heavy (non-hydrogen) atoms. The summed E-state index contributed by atoms with van der Waals surface area (Å²) in [4.78, 5) is 14.1. The standard InChI is InChI=1S/C21H34BN3O4/c1-15-20(5,6)29-22(28-15)16-13-23-25(14-16)17-11-21(12-17)7-9-24(10-8-21)18(26)27-19(2,3)4/h13-15,17H,7-12H2,1-6H3. The number of hydrogen-bond donors (Lipinski definition) is 0. The van der Waals surface area contributed by atoms with Gasteiger partial charge in [-0.1, -0.05) is 0 Å². The van der Waals surface area contributed by atoms with Crippen LogP contribution in [0, 0.1) is 5.41 Å². The smallest absolute Gasteiger partial charge is 0.444 e. The van der Waals surface area contributed by atoms with E-state index in [0.717, 1.165) is 44.2 Å². The highest BCUT2D eigenvalue weighted by molar-refractivity contribution is 6.61. The Morgan fingerprint density at radius 3 is 2.48 bits per heavy atom. The van der Waals surface area contributed by atoms with Gasteiger partial charge in [-0.3, -0.25) is 4.68 Å². The number of carbonyl (C=O) groups excluding carboxylic acids is 1. The molecule has 1 amide bonds. The Morgan fingerprint density at radius 2 is 1.93 bits per heavy atom. The zero-order chi connectivity index (χ0) is 21.0. The zero-order valence-corrected chi connectivity index (χ0v) is 18.6. The van der Waals surface area contributed by atoms with Crippen LogP contribution in [0.1, 0.15) is 73.3 Å². The summed E-state index contributed by atoms with van der Waals surface area (Å²) in [6.07, 6.45) is 8.12. The molecular formula is C21H34BN3O4. The minimum atomic E-state index is -0.439. The molecule has 1 aliphatic carbocycles. The van der Waals surface area contributed by atoms with Gasteiger partial charge in [0.15, 0.2) is 0 Å². The van der Waals surface area contributed by atoms with Crippen LogP contribution < -0.4 is 5.46 Å². The van der Waals surface area contributed by atoms with E-state index in [0.29, 0.717) is 11.5 Å². The highest BCUT2D eigenvalue weighted by Gasteiger charge is 2.49. The molecule has 1 spiro atoms. The molecule has 3 fully saturated rings. The summed E-state index contributed by atoms with van der Waals surface area (Å²) in [5.74, 6) is 0. The van der Waals surface area contributed by atoms with Gasteiger partial charge in [0.2, 0.25) is 0 Å². The Bertz CT molecular complexity index is 756. The number of piperidine rings is 1. The van der Waals surface area contributed by atoms with E-state index in [4.69, 9.17) is 14.0 Å². The molecule has 0 bridgehead atoms. The lowest BCUT2D eigenvalue weighted by Gasteiger charge is -2.52. The molecule has 0 aromatic carbocycles. The Kier molecular flexibility index (Phi) is 5.01. The lowest BCUT2D eigenvalue weighted by atomic mass is 9.60. The number of likely N-dealkylation sites (tertiary alicyclic amines) is 1. The first kappa shape index (κ1) is 20.7. The number of nitrogens with zero attached hydrogens (tertiary/aromatic N) is 3. The first-order chi connectivity index (χ1) is 13.5. The van der Waals surface area contributed by atoms with Crippen molar-refractivity contribution in [3.8, 4) is 0 Å². The number of rotatable bonds is 2. The second kappa shape index (κ2) is 7.01. The summed E-state index contributed by atoms with van der Waals surface area (Å²) < 4.78 is 19.6. The fourth-order valence-corrected chi connectivity index (χ4v) is 4.59. The molecule has 1 aromatic rings. The molecule has 2 saturated heterocycles. The third-order valence-electron chi connectivity index (χ3n) is 6.80. The second-order valence-corrected chi connectivity index (χ2v) is 10.6. The molecule has 4 rings (SSSR count). The molecule has 2 aliphatic heterocycles. The topological polar surface area (TPSA) is 65.8 Å². The second-order valence-electron chi connectivity index (χ2n) is 10.6. The SMILES string of the molecule is CC1OB(c2cnn(C3CC4(CCN(C(=O)OC(C)(C)C)CC4)C3)c2)OC1(C)C. The Labute approximate surface area is 174 Å². The molecule has 1 atom stereocenters. The van der Waals surface area contributed by atoms with Crippen LogP contribution in [0.15, 0.2) is 12.4 Å². The lowest BCUT2D eigenvalue weighted by molar-refractivity contribution is -0.0258. The van der Waals surface area contributed by atoms with E-state index in [1.807, 2.05) is 38.8 Å². The highest BCUT2D eigenvalue weighted by atomic mass is 16.7. The maximum Gasteiger partial charge on any atom is 0.497 e. The third-order valence-corrected chi connectivity index (χ3v) is 6.80. The Morgan fingerprint density at radius 1 is 1.28 bits per heavy atom. The minimum absolute atomic E-state index is 0.0537. The van der Waals surface area contributed by atoms with Crippen LogP contribution in [0.4, 0.5) is 4.79 Å². The molecule has 7 nitrogen and oxygen atoms in total. The van der Waals surface area contributed by atoms with Crippen LogP contribution >= 0.6 is 0 Å². The van der Waals surface area contributed by atoms with Crippen LogP contribution in [0.2, 0.25) is 0 Å². The van der Waals surface area contributed by atoms with Gasteiger partial charge in [-0.15, -0.1) is 0 Å². The first-order valence-electron chi connectivity index (χ1n) is 10.8. The minimum Gasteiger partial charge on any atom is -0.444 e. The fourth-order valence-electron chi connectivity index (χ4n) is 4.59. The Balaban J connectivity index is 1.29. The van der Waals surface area contributed by atoms with Crippen LogP contribution in [0.25, 0.3) is 0 Å². The summed E-state index contributed by atoms with van der Waals surface area (Å²) in [5.41, 5.74) is 0.607. The number of carbonyl (C=O) groups is 1. The number of hydrogen-bond acceptors (Lipinski definition) is 5. The van der Waals surface area contributed by atoms with E-state index in [9.17, 15) is 4.79 Å². The molecule has 1 saturated carbocycles. The van der Waals surface area contributed by atoms with Crippen molar-refractivity contribution in [1.29, 1.82) is 0 Å². The third kappa shape index (κ3) is 4.19. The van der Waals surface area contributed by atoms with Crippen molar-refractivity contribution in [2.45, 2.75) is 90.6 Å². The van der Waals surface area contributed by atoms with Crippen LogP contribution in [0.5, 0.6) is 0 Å². The lowest BCUT2D eigenvalue weighted by Crippen LogP contribution is -2.50. The van der Waals surface area contributed by atoms with Crippen molar-refractivity contribution in [3.63, 3.8) is 0 Å². The normalized spacial score (nSPS) is 26.6. The predicted molar refractivity (Wildman–Crippen MR) is 111 cm³/mol. The fraction of sp³-hybridized carbons (Fsp3) is 0.810. The first-order valence-corrected chi connectivity index (χ1v) is 10.8. The molecule has 8 heteroatoms. The van der Waals surface area contributed by atoms with E-state index in [2.05, 4.69) is 29.8 Å². The average molecular weight is 403 g/mol. The summed E-state index contributed by atoms with van der Waals surface area (Å²) in [6, 6.07) is 0.420. The quantitative estimate of drug-likeness (QED) is 0.710. The summed E-state index contributed by atoms with van der Waals surface area (Å²) in [6.45, 7) is 13.5. The van der Waals surface area contributed by atoms with Gasteiger partial charge in [-0.25, -0.2) is 4.79 Å². The van der Waals surface area contributed by atoms with Crippen molar-refractivity contribution in [2.75, 3.05) is 13.1 Å². The van der Waals surface area contributed by atoms with Crippen molar-refractivity contribution in [2.24, 2.45) is 5.41 Å². The molecule has 0 N–H and O–H groups in total.